The van der Waals surface area contributed by atoms with Crippen molar-refractivity contribution in [1.82, 2.24) is 4.90 Å². The number of sulfone groups is 1. The standard InChI is InChI=1S/C15H25NO3S/c1-5-13-6-8-14(9-7-13)15(17)12(2)16(3)10-11-20(4,18)19/h6-9,12,15,17H,5,10-11H2,1-4H3. The molecule has 0 aliphatic rings. The Kier molecular flexibility index (Phi) is 6.17. The Morgan fingerprint density at radius 3 is 2.25 bits per heavy atom. The molecule has 1 aromatic carbocycles. The summed E-state index contributed by atoms with van der Waals surface area (Å²) in [6.45, 7) is 4.41. The van der Waals surface area contributed by atoms with Crippen molar-refractivity contribution >= 4 is 9.84 Å². The zero-order valence-electron chi connectivity index (χ0n) is 12.7. The molecule has 2 atom stereocenters. The molecule has 0 aliphatic heterocycles. The molecule has 0 saturated carbocycles. The normalized spacial score (nSPS) is 15.3. The molecule has 114 valence electrons. The van der Waals surface area contributed by atoms with E-state index in [2.05, 4.69) is 6.92 Å². The van der Waals surface area contributed by atoms with Gasteiger partial charge in [-0.2, -0.15) is 0 Å². The highest BCUT2D eigenvalue weighted by atomic mass is 32.2. The monoisotopic (exact) mass is 299 g/mol. The van der Waals surface area contributed by atoms with E-state index in [-0.39, 0.29) is 11.8 Å². The van der Waals surface area contributed by atoms with Crippen LogP contribution in [0.25, 0.3) is 0 Å². The van der Waals surface area contributed by atoms with Gasteiger partial charge in [0, 0.05) is 18.8 Å². The predicted octanol–water partition coefficient (Wildman–Crippen LogP) is 1.65. The van der Waals surface area contributed by atoms with Crippen molar-refractivity contribution in [1.29, 1.82) is 0 Å². The highest BCUT2D eigenvalue weighted by Crippen LogP contribution is 2.20. The Labute approximate surface area is 122 Å². The number of benzene rings is 1. The SMILES string of the molecule is CCc1ccc(C(O)C(C)N(C)CCS(C)(=O)=O)cc1. The Bertz CT molecular complexity index is 510. The highest BCUT2D eigenvalue weighted by Gasteiger charge is 2.21. The van der Waals surface area contributed by atoms with Gasteiger partial charge < -0.3 is 5.11 Å². The van der Waals surface area contributed by atoms with E-state index >= 15 is 0 Å². The first kappa shape index (κ1) is 17.1. The summed E-state index contributed by atoms with van der Waals surface area (Å²) in [6.07, 6.45) is 1.58. The number of rotatable bonds is 7. The minimum atomic E-state index is -2.98. The number of aliphatic hydroxyl groups is 1. The highest BCUT2D eigenvalue weighted by molar-refractivity contribution is 7.90. The number of likely N-dealkylation sites (N-methyl/N-ethyl adjacent to an activating group) is 1. The molecule has 0 fully saturated rings. The van der Waals surface area contributed by atoms with Gasteiger partial charge in [-0.3, -0.25) is 4.90 Å². The summed E-state index contributed by atoms with van der Waals surface area (Å²) in [4.78, 5) is 1.87. The van der Waals surface area contributed by atoms with Gasteiger partial charge in [-0.25, -0.2) is 8.42 Å². The van der Waals surface area contributed by atoms with Crippen molar-refractivity contribution in [2.45, 2.75) is 32.4 Å². The lowest BCUT2D eigenvalue weighted by molar-refractivity contribution is 0.0758. The first-order chi connectivity index (χ1) is 9.24. The van der Waals surface area contributed by atoms with Gasteiger partial charge in [0.05, 0.1) is 11.9 Å². The number of aryl methyl sites for hydroxylation is 1. The van der Waals surface area contributed by atoms with Crippen molar-refractivity contribution in [3.8, 4) is 0 Å². The van der Waals surface area contributed by atoms with E-state index in [9.17, 15) is 13.5 Å². The summed E-state index contributed by atoms with van der Waals surface area (Å²) in [5.41, 5.74) is 2.10. The van der Waals surface area contributed by atoms with Gasteiger partial charge in [0.1, 0.15) is 9.84 Å². The van der Waals surface area contributed by atoms with Crippen LogP contribution in [0.5, 0.6) is 0 Å². The van der Waals surface area contributed by atoms with Crippen molar-refractivity contribution < 1.29 is 13.5 Å². The quantitative estimate of drug-likeness (QED) is 0.832. The molecule has 0 aliphatic carbocycles. The van der Waals surface area contributed by atoms with Crippen LogP contribution >= 0.6 is 0 Å². The Morgan fingerprint density at radius 1 is 1.25 bits per heavy atom. The lowest BCUT2D eigenvalue weighted by Gasteiger charge is -2.29. The van der Waals surface area contributed by atoms with Gasteiger partial charge >= 0.3 is 0 Å². The molecule has 0 aromatic heterocycles. The molecule has 0 spiro atoms. The Balaban J connectivity index is 2.67. The fourth-order valence-corrected chi connectivity index (χ4v) is 2.60. The third-order valence-electron chi connectivity index (χ3n) is 3.70. The molecule has 1 rings (SSSR count). The van der Waals surface area contributed by atoms with E-state index in [1.165, 1.54) is 11.8 Å². The number of hydrogen-bond acceptors (Lipinski definition) is 4. The maximum atomic E-state index is 11.2. The molecule has 0 heterocycles. The third-order valence-corrected chi connectivity index (χ3v) is 4.62. The Hall–Kier alpha value is -0.910. The van der Waals surface area contributed by atoms with Crippen molar-refractivity contribution in [3.05, 3.63) is 35.4 Å². The molecule has 0 radical (unpaired) electrons. The lowest BCUT2D eigenvalue weighted by Crippen LogP contribution is -2.37. The second-order valence-corrected chi connectivity index (χ2v) is 7.65. The lowest BCUT2D eigenvalue weighted by atomic mass is 10.0. The maximum Gasteiger partial charge on any atom is 0.148 e. The van der Waals surface area contributed by atoms with Crippen molar-refractivity contribution in [2.24, 2.45) is 0 Å². The van der Waals surface area contributed by atoms with Gasteiger partial charge in [0.2, 0.25) is 0 Å². The number of nitrogens with zero attached hydrogens (tertiary/aromatic N) is 1. The van der Waals surface area contributed by atoms with Crippen LogP contribution in [0.2, 0.25) is 0 Å². The molecule has 4 nitrogen and oxygen atoms in total. The molecule has 5 heteroatoms. The minimum Gasteiger partial charge on any atom is -0.387 e. The van der Waals surface area contributed by atoms with Crippen LogP contribution in [0.1, 0.15) is 31.1 Å². The van der Waals surface area contributed by atoms with E-state index < -0.39 is 15.9 Å². The van der Waals surface area contributed by atoms with E-state index in [0.29, 0.717) is 6.54 Å². The predicted molar refractivity (Wildman–Crippen MR) is 82.6 cm³/mol. The van der Waals surface area contributed by atoms with Gasteiger partial charge in [-0.15, -0.1) is 0 Å². The summed E-state index contributed by atoms with van der Waals surface area (Å²) in [5.74, 6) is 0.106. The van der Waals surface area contributed by atoms with Gasteiger partial charge in [-0.1, -0.05) is 31.2 Å². The summed E-state index contributed by atoms with van der Waals surface area (Å²) >= 11 is 0. The fraction of sp³-hybridized carbons (Fsp3) is 0.600. The van der Waals surface area contributed by atoms with E-state index in [0.717, 1.165) is 12.0 Å². The summed E-state index contributed by atoms with van der Waals surface area (Å²) < 4.78 is 22.4. The fourth-order valence-electron chi connectivity index (χ4n) is 1.98. The molecule has 2 unspecified atom stereocenters. The largest absolute Gasteiger partial charge is 0.387 e. The zero-order chi connectivity index (χ0) is 15.3. The van der Waals surface area contributed by atoms with Crippen LogP contribution in [0.15, 0.2) is 24.3 Å². The second kappa shape index (κ2) is 7.20. The molecule has 1 aromatic rings. The van der Waals surface area contributed by atoms with Crippen LogP contribution in [-0.2, 0) is 16.3 Å². The first-order valence-corrected chi connectivity index (χ1v) is 8.95. The van der Waals surface area contributed by atoms with Crippen molar-refractivity contribution in [2.75, 3.05) is 25.6 Å². The molecule has 1 N–H and O–H groups in total. The minimum absolute atomic E-state index is 0.106. The molecule has 0 bridgehead atoms. The van der Waals surface area contributed by atoms with Crippen LogP contribution in [0.3, 0.4) is 0 Å². The van der Waals surface area contributed by atoms with E-state index in [1.54, 1.807) is 0 Å². The van der Waals surface area contributed by atoms with Gasteiger partial charge in [0.15, 0.2) is 0 Å². The average molecular weight is 299 g/mol. The summed E-state index contributed by atoms with van der Waals surface area (Å²) in [7, 11) is -1.14. The van der Waals surface area contributed by atoms with Crippen LogP contribution in [-0.4, -0.2) is 50.1 Å². The van der Waals surface area contributed by atoms with Crippen LogP contribution in [0.4, 0.5) is 0 Å². The zero-order valence-corrected chi connectivity index (χ0v) is 13.5. The van der Waals surface area contributed by atoms with Crippen LogP contribution in [0, 0.1) is 0 Å². The summed E-state index contributed by atoms with van der Waals surface area (Å²) in [6, 6.07) is 7.77. The first-order valence-electron chi connectivity index (χ1n) is 6.89. The second-order valence-electron chi connectivity index (χ2n) is 5.39. The Morgan fingerprint density at radius 2 is 1.80 bits per heavy atom. The molecular weight excluding hydrogens is 274 g/mol. The topological polar surface area (TPSA) is 57.6 Å². The summed E-state index contributed by atoms with van der Waals surface area (Å²) in [5, 5.41) is 10.4. The molecule has 20 heavy (non-hydrogen) atoms. The van der Waals surface area contributed by atoms with E-state index in [4.69, 9.17) is 0 Å². The molecule has 0 amide bonds. The number of aliphatic hydroxyl groups excluding tert-OH is 1. The third kappa shape index (κ3) is 5.23. The number of hydrogen-bond donors (Lipinski definition) is 1. The molecule has 0 saturated heterocycles. The van der Waals surface area contributed by atoms with Crippen molar-refractivity contribution in [3.63, 3.8) is 0 Å². The van der Waals surface area contributed by atoms with Gasteiger partial charge in [-0.05, 0) is 31.5 Å². The van der Waals surface area contributed by atoms with E-state index in [1.807, 2.05) is 43.1 Å². The van der Waals surface area contributed by atoms with Crippen LogP contribution < -0.4 is 0 Å². The molecular formula is C15H25NO3S. The van der Waals surface area contributed by atoms with Gasteiger partial charge in [0.25, 0.3) is 0 Å². The average Bonchev–Trinajstić information content (AvgIpc) is 2.42. The smallest absolute Gasteiger partial charge is 0.148 e. The maximum absolute atomic E-state index is 11.2.